The Balaban J connectivity index is 2.66. The fourth-order valence-corrected chi connectivity index (χ4v) is 3.08. The minimum absolute atomic E-state index is 0.0997. The van der Waals surface area contributed by atoms with Crippen LogP contribution in [-0.4, -0.2) is 73.5 Å². The van der Waals surface area contributed by atoms with Gasteiger partial charge in [-0.15, -0.1) is 0 Å². The molecular formula is C12H24N2O5S. The summed E-state index contributed by atoms with van der Waals surface area (Å²) in [7, 11) is -0.511. The van der Waals surface area contributed by atoms with E-state index in [0.29, 0.717) is 0 Å². The molecule has 0 aromatic heterocycles. The molecule has 0 radical (unpaired) electrons. The molecule has 118 valence electrons. The highest BCUT2D eigenvalue weighted by molar-refractivity contribution is 7.89. The summed E-state index contributed by atoms with van der Waals surface area (Å²) in [5, 5.41) is 9.92. The van der Waals surface area contributed by atoms with Crippen LogP contribution in [-0.2, 0) is 14.8 Å². The van der Waals surface area contributed by atoms with E-state index in [9.17, 15) is 18.3 Å². The molecule has 0 spiro atoms. The molecule has 0 aliphatic carbocycles. The molecule has 1 rings (SSSR count). The highest BCUT2D eigenvalue weighted by Gasteiger charge is 2.38. The van der Waals surface area contributed by atoms with Crippen molar-refractivity contribution >= 4 is 16.1 Å². The lowest BCUT2D eigenvalue weighted by molar-refractivity contribution is 0.0270. The predicted molar refractivity (Wildman–Crippen MR) is 74.8 cm³/mol. The zero-order chi connectivity index (χ0) is 15.7. The third kappa shape index (κ3) is 4.60. The van der Waals surface area contributed by atoms with Crippen LogP contribution in [0.5, 0.6) is 0 Å². The Morgan fingerprint density at radius 2 is 1.90 bits per heavy atom. The number of hydrogen-bond acceptors (Lipinski definition) is 5. The van der Waals surface area contributed by atoms with E-state index in [4.69, 9.17) is 4.74 Å². The van der Waals surface area contributed by atoms with Gasteiger partial charge in [-0.25, -0.2) is 17.5 Å². The van der Waals surface area contributed by atoms with E-state index < -0.39 is 33.7 Å². The number of rotatable bonds is 3. The van der Waals surface area contributed by atoms with Crippen LogP contribution in [0, 0.1) is 5.92 Å². The molecule has 1 fully saturated rings. The van der Waals surface area contributed by atoms with Gasteiger partial charge in [0.05, 0.1) is 18.4 Å². The van der Waals surface area contributed by atoms with E-state index in [-0.39, 0.29) is 18.8 Å². The Morgan fingerprint density at radius 3 is 2.35 bits per heavy atom. The van der Waals surface area contributed by atoms with Crippen LogP contribution in [0.4, 0.5) is 4.79 Å². The van der Waals surface area contributed by atoms with E-state index in [1.807, 2.05) is 0 Å². The SMILES string of the molecule is CN(C)S(=O)(=O)CC1CN(C(=O)OC(C)(C)C)CC1O. The van der Waals surface area contributed by atoms with Crippen molar-refractivity contribution in [1.82, 2.24) is 9.21 Å². The minimum Gasteiger partial charge on any atom is -0.444 e. The molecule has 8 heteroatoms. The first kappa shape index (κ1) is 17.2. The molecule has 1 amide bonds. The molecule has 1 heterocycles. The van der Waals surface area contributed by atoms with Crippen molar-refractivity contribution in [1.29, 1.82) is 0 Å². The van der Waals surface area contributed by atoms with Gasteiger partial charge in [-0.05, 0) is 20.8 Å². The topological polar surface area (TPSA) is 87.2 Å². The van der Waals surface area contributed by atoms with Crippen LogP contribution in [0.1, 0.15) is 20.8 Å². The second-order valence-corrected chi connectivity index (χ2v) is 8.50. The van der Waals surface area contributed by atoms with Gasteiger partial charge in [0.15, 0.2) is 0 Å². The van der Waals surface area contributed by atoms with Gasteiger partial charge in [0.25, 0.3) is 0 Å². The average molecular weight is 308 g/mol. The lowest BCUT2D eigenvalue weighted by atomic mass is 10.1. The van der Waals surface area contributed by atoms with Crippen LogP contribution in [0.15, 0.2) is 0 Å². The van der Waals surface area contributed by atoms with Gasteiger partial charge in [-0.3, -0.25) is 0 Å². The first-order valence-corrected chi connectivity index (χ1v) is 8.09. The number of aliphatic hydroxyl groups is 1. The van der Waals surface area contributed by atoms with Crippen molar-refractivity contribution in [3.63, 3.8) is 0 Å². The molecule has 0 bridgehead atoms. The normalized spacial score (nSPS) is 24.2. The fourth-order valence-electron chi connectivity index (χ4n) is 1.91. The van der Waals surface area contributed by atoms with E-state index >= 15 is 0 Å². The summed E-state index contributed by atoms with van der Waals surface area (Å²) in [4.78, 5) is 13.2. The highest BCUT2D eigenvalue weighted by atomic mass is 32.2. The summed E-state index contributed by atoms with van der Waals surface area (Å²) >= 11 is 0. The zero-order valence-electron chi connectivity index (χ0n) is 12.7. The van der Waals surface area contributed by atoms with Crippen LogP contribution in [0.3, 0.4) is 0 Å². The maximum atomic E-state index is 11.9. The Bertz CT molecular complexity index is 455. The summed E-state index contributed by atoms with van der Waals surface area (Å²) in [6.07, 6.45) is -1.38. The first-order valence-electron chi connectivity index (χ1n) is 6.48. The molecular weight excluding hydrogens is 284 g/mol. The second kappa shape index (κ2) is 5.87. The number of likely N-dealkylation sites (tertiary alicyclic amines) is 1. The van der Waals surface area contributed by atoms with Crippen molar-refractivity contribution in [2.45, 2.75) is 32.5 Å². The van der Waals surface area contributed by atoms with Gasteiger partial charge in [0.1, 0.15) is 5.60 Å². The molecule has 20 heavy (non-hydrogen) atoms. The summed E-state index contributed by atoms with van der Waals surface area (Å²) < 4.78 is 30.0. The second-order valence-electron chi connectivity index (χ2n) is 6.27. The summed E-state index contributed by atoms with van der Waals surface area (Å²) in [6.45, 7) is 5.55. The largest absolute Gasteiger partial charge is 0.444 e. The first-order chi connectivity index (χ1) is 8.92. The molecule has 0 aromatic carbocycles. The number of carbonyl (C=O) groups excluding carboxylic acids is 1. The molecule has 1 aliphatic heterocycles. The number of β-amino-alcohol motifs (C(OH)–C–C–N with tert-alkyl or cyclic N) is 1. The number of amides is 1. The van der Waals surface area contributed by atoms with Gasteiger partial charge >= 0.3 is 6.09 Å². The highest BCUT2D eigenvalue weighted by Crippen LogP contribution is 2.22. The quantitative estimate of drug-likeness (QED) is 0.799. The molecule has 2 unspecified atom stereocenters. The number of hydrogen-bond donors (Lipinski definition) is 1. The van der Waals surface area contributed by atoms with Gasteiger partial charge < -0.3 is 14.7 Å². The van der Waals surface area contributed by atoms with Crippen LogP contribution in [0.25, 0.3) is 0 Å². The maximum absolute atomic E-state index is 11.9. The van der Waals surface area contributed by atoms with Crippen molar-refractivity contribution in [3.05, 3.63) is 0 Å². The van der Waals surface area contributed by atoms with Gasteiger partial charge in [-0.1, -0.05) is 0 Å². The van der Waals surface area contributed by atoms with Crippen LogP contribution < -0.4 is 0 Å². The van der Waals surface area contributed by atoms with Crippen molar-refractivity contribution < 1.29 is 23.1 Å². The molecule has 0 saturated carbocycles. The number of sulfonamides is 1. The molecule has 1 aliphatic rings. The van der Waals surface area contributed by atoms with Gasteiger partial charge in [0.2, 0.25) is 10.0 Å². The van der Waals surface area contributed by atoms with Crippen LogP contribution in [0.2, 0.25) is 0 Å². The van der Waals surface area contributed by atoms with Crippen molar-refractivity contribution in [2.75, 3.05) is 32.9 Å². The monoisotopic (exact) mass is 308 g/mol. The molecule has 7 nitrogen and oxygen atoms in total. The summed E-state index contributed by atoms with van der Waals surface area (Å²) in [5.41, 5.74) is -0.615. The Labute approximate surface area is 120 Å². The van der Waals surface area contributed by atoms with Crippen LogP contribution >= 0.6 is 0 Å². The lowest BCUT2D eigenvalue weighted by Gasteiger charge is -2.24. The smallest absolute Gasteiger partial charge is 0.410 e. The Morgan fingerprint density at radius 1 is 1.35 bits per heavy atom. The molecule has 1 saturated heterocycles. The minimum atomic E-state index is -3.40. The summed E-state index contributed by atoms with van der Waals surface area (Å²) in [6, 6.07) is 0. The van der Waals surface area contributed by atoms with E-state index in [0.717, 1.165) is 4.31 Å². The number of nitrogens with zero attached hydrogens (tertiary/aromatic N) is 2. The van der Waals surface area contributed by atoms with E-state index in [2.05, 4.69) is 0 Å². The molecule has 2 atom stereocenters. The zero-order valence-corrected chi connectivity index (χ0v) is 13.5. The average Bonchev–Trinajstić information content (AvgIpc) is 2.57. The van der Waals surface area contributed by atoms with Gasteiger partial charge in [-0.2, -0.15) is 0 Å². The van der Waals surface area contributed by atoms with Crippen molar-refractivity contribution in [2.24, 2.45) is 5.92 Å². The molecule has 1 N–H and O–H groups in total. The third-order valence-electron chi connectivity index (χ3n) is 3.04. The number of carbonyl (C=O) groups is 1. The number of aliphatic hydroxyl groups excluding tert-OH is 1. The number of ether oxygens (including phenoxy) is 1. The molecule has 0 aromatic rings. The summed E-state index contributed by atoms with van der Waals surface area (Å²) in [5.74, 6) is -0.671. The standard InChI is InChI=1S/C12H24N2O5S/c1-12(2,3)19-11(16)14-6-9(10(15)7-14)8-20(17,18)13(4)5/h9-10,15H,6-8H2,1-5H3. The maximum Gasteiger partial charge on any atom is 0.410 e. The Kier molecular flexibility index (Phi) is 5.04. The van der Waals surface area contributed by atoms with E-state index in [1.54, 1.807) is 20.8 Å². The third-order valence-corrected chi connectivity index (χ3v) is 5.00. The van der Waals surface area contributed by atoms with Crippen molar-refractivity contribution in [3.8, 4) is 0 Å². The fraction of sp³-hybridized carbons (Fsp3) is 0.917. The lowest BCUT2D eigenvalue weighted by Crippen LogP contribution is -2.36. The van der Waals surface area contributed by atoms with Gasteiger partial charge in [0, 0.05) is 26.6 Å². The predicted octanol–water partition coefficient (Wildman–Crippen LogP) is 0.106. The Hall–Kier alpha value is -0.860. The van der Waals surface area contributed by atoms with E-state index in [1.165, 1.54) is 19.0 Å².